The topological polar surface area (TPSA) is 160 Å². The van der Waals surface area contributed by atoms with Crippen LogP contribution >= 0.6 is 7.82 Å². The summed E-state index contributed by atoms with van der Waals surface area (Å²) < 4.78 is 26.2. The molecule has 0 unspecified atom stereocenters. The van der Waals surface area contributed by atoms with Crippen molar-refractivity contribution in [1.82, 2.24) is 0 Å². The lowest BCUT2D eigenvalue weighted by Crippen LogP contribution is -2.29. The molecule has 11 heteroatoms. The maximum absolute atomic E-state index is 12.4. The molecule has 56 heavy (non-hydrogen) atoms. The summed E-state index contributed by atoms with van der Waals surface area (Å²) in [4.78, 5) is 42.9. The zero-order valence-electron chi connectivity index (χ0n) is 34.7. The molecule has 0 rings (SSSR count). The second kappa shape index (κ2) is 39.2. The van der Waals surface area contributed by atoms with Crippen LogP contribution in [0.3, 0.4) is 0 Å². The van der Waals surface area contributed by atoms with Crippen molar-refractivity contribution in [3.05, 3.63) is 72.9 Å². The third kappa shape index (κ3) is 41.1. The highest BCUT2D eigenvalue weighted by Crippen LogP contribution is 2.36. The number of unbranched alkanes of at least 4 members (excludes halogenated alkanes) is 15. The lowest BCUT2D eigenvalue weighted by Gasteiger charge is -2.18. The highest BCUT2D eigenvalue weighted by atomic mass is 31.2. The second-order valence-electron chi connectivity index (χ2n) is 14.4. The van der Waals surface area contributed by atoms with Crippen LogP contribution in [-0.4, -0.2) is 63.5 Å². The molecule has 0 fully saturated rings. The Balaban J connectivity index is 4.17. The van der Waals surface area contributed by atoms with Gasteiger partial charge in [-0.15, -0.1) is 0 Å². The molecule has 0 saturated heterocycles. The monoisotopic (exact) mass is 809 g/mol. The lowest BCUT2D eigenvalue weighted by molar-refractivity contribution is -0.161. The van der Waals surface area contributed by atoms with Crippen LogP contribution in [0.5, 0.6) is 0 Å². The molecule has 322 valence electrons. The number of carbonyl (C=O) groups excluding carboxylic acids is 2. The van der Waals surface area contributed by atoms with Gasteiger partial charge in [0.25, 0.3) is 0 Å². The lowest BCUT2D eigenvalue weighted by atomic mass is 10.1. The normalized spacial score (nSPS) is 14.3. The van der Waals surface area contributed by atoms with Crippen molar-refractivity contribution < 1.29 is 48.2 Å². The molecule has 0 aliphatic carbocycles. The molecule has 0 saturated carbocycles. The Bertz CT molecular complexity index is 1170. The van der Waals surface area contributed by atoms with E-state index in [1.807, 2.05) is 6.08 Å². The van der Waals surface area contributed by atoms with Crippen LogP contribution < -0.4 is 0 Å². The minimum Gasteiger partial charge on any atom is -0.462 e. The van der Waals surface area contributed by atoms with E-state index >= 15 is 0 Å². The van der Waals surface area contributed by atoms with Crippen molar-refractivity contribution in [2.75, 3.05) is 13.2 Å². The second-order valence-corrected chi connectivity index (χ2v) is 15.6. The summed E-state index contributed by atoms with van der Waals surface area (Å²) in [6.07, 6.45) is 43.9. The van der Waals surface area contributed by atoms with Gasteiger partial charge in [0.1, 0.15) is 6.61 Å². The van der Waals surface area contributed by atoms with Gasteiger partial charge in [0.15, 0.2) is 6.10 Å². The van der Waals surface area contributed by atoms with Gasteiger partial charge in [-0.25, -0.2) is 4.57 Å². The van der Waals surface area contributed by atoms with E-state index in [1.165, 1.54) is 77.0 Å². The maximum atomic E-state index is 12.4. The quantitative estimate of drug-likeness (QED) is 0.0155. The average molecular weight is 809 g/mol. The molecule has 0 spiro atoms. The van der Waals surface area contributed by atoms with E-state index in [9.17, 15) is 24.4 Å². The van der Waals surface area contributed by atoms with Gasteiger partial charge in [-0.2, -0.15) is 0 Å². The molecule has 0 bridgehead atoms. The van der Waals surface area contributed by atoms with Crippen LogP contribution in [-0.2, 0) is 28.2 Å². The zero-order chi connectivity index (χ0) is 41.4. The SMILES string of the molecule is CCCCC/C=C\C/C=C\CCCCCCCCCCCC(=O)O[C@H](COC(=O)CCC[C@H](O)\C=C/C=C/C=C/[C@H](O)C/C=C\CCCCC)COP(=O)(O)O. The van der Waals surface area contributed by atoms with Gasteiger partial charge in [-0.1, -0.05) is 157 Å². The fourth-order valence-corrected chi connectivity index (χ4v) is 5.96. The van der Waals surface area contributed by atoms with Crippen LogP contribution in [0.15, 0.2) is 72.9 Å². The zero-order valence-corrected chi connectivity index (χ0v) is 35.6. The number of aliphatic hydroxyl groups is 2. The molecule has 0 aromatic carbocycles. The standard InChI is InChI=1S/C45H77O10P/c1-3-5-7-9-11-12-13-14-15-16-17-18-19-20-21-22-23-25-31-37-45(49)55-43(40-54-56(50,51)52)39-53-44(48)38-32-36-42(47)35-30-27-26-29-34-41(46)33-28-24-10-8-6-4-2/h11-12,14-15,24,26-30,34-35,41-43,46-47H,3-10,13,16-23,25,31-33,36-40H2,1-2H3,(H2,50,51,52)/b12-11-,15-14-,27-26+,28-24-,34-29+,35-30-/t41-,42-,43-/m1/s1. The predicted octanol–water partition coefficient (Wildman–Crippen LogP) is 11.0. The summed E-state index contributed by atoms with van der Waals surface area (Å²) in [5, 5.41) is 20.2. The minimum atomic E-state index is -4.82. The number of hydrogen-bond donors (Lipinski definition) is 4. The van der Waals surface area contributed by atoms with Crippen molar-refractivity contribution in [1.29, 1.82) is 0 Å². The molecular weight excluding hydrogens is 731 g/mol. The molecule has 0 aromatic rings. The average Bonchev–Trinajstić information content (AvgIpc) is 3.16. The van der Waals surface area contributed by atoms with Gasteiger partial charge >= 0.3 is 19.8 Å². The minimum absolute atomic E-state index is 0.00311. The molecule has 0 radical (unpaired) electrons. The van der Waals surface area contributed by atoms with E-state index in [0.29, 0.717) is 25.7 Å². The Morgan fingerprint density at radius 3 is 1.64 bits per heavy atom. The van der Waals surface area contributed by atoms with Crippen LogP contribution in [0.2, 0.25) is 0 Å². The van der Waals surface area contributed by atoms with Gasteiger partial charge < -0.3 is 29.5 Å². The van der Waals surface area contributed by atoms with Crippen LogP contribution in [0.25, 0.3) is 0 Å². The van der Waals surface area contributed by atoms with Gasteiger partial charge in [-0.05, 0) is 70.6 Å². The third-order valence-electron chi connectivity index (χ3n) is 8.89. The molecular formula is C45H77O10P. The molecule has 10 nitrogen and oxygen atoms in total. The van der Waals surface area contributed by atoms with E-state index < -0.39 is 51.3 Å². The Morgan fingerprint density at radius 1 is 0.571 bits per heavy atom. The summed E-state index contributed by atoms with van der Waals surface area (Å²) in [6.45, 7) is 3.38. The number of phosphoric acid groups is 1. The van der Waals surface area contributed by atoms with Crippen molar-refractivity contribution in [2.45, 2.75) is 186 Å². The maximum Gasteiger partial charge on any atom is 0.469 e. The van der Waals surface area contributed by atoms with Crippen LogP contribution in [0.4, 0.5) is 0 Å². The van der Waals surface area contributed by atoms with Crippen LogP contribution in [0, 0.1) is 0 Å². The number of allylic oxidation sites excluding steroid dienone is 9. The predicted molar refractivity (Wildman–Crippen MR) is 228 cm³/mol. The number of ether oxygens (including phenoxy) is 2. The van der Waals surface area contributed by atoms with Gasteiger partial charge in [0, 0.05) is 12.8 Å². The first-order valence-electron chi connectivity index (χ1n) is 21.4. The first-order chi connectivity index (χ1) is 27.1. The number of phosphoric ester groups is 1. The van der Waals surface area contributed by atoms with Crippen molar-refractivity contribution in [3.63, 3.8) is 0 Å². The fourth-order valence-electron chi connectivity index (χ4n) is 5.60. The smallest absolute Gasteiger partial charge is 0.462 e. The van der Waals surface area contributed by atoms with Gasteiger partial charge in [0.05, 0.1) is 18.8 Å². The summed E-state index contributed by atoms with van der Waals surface area (Å²) in [6, 6.07) is 0. The molecule has 3 atom stereocenters. The Labute approximate surface area is 339 Å². The Morgan fingerprint density at radius 2 is 1.07 bits per heavy atom. The number of esters is 2. The molecule has 0 aliphatic heterocycles. The van der Waals surface area contributed by atoms with E-state index in [4.69, 9.17) is 19.3 Å². The molecule has 0 amide bonds. The number of carbonyl (C=O) groups is 2. The van der Waals surface area contributed by atoms with E-state index in [0.717, 1.165) is 38.5 Å². The number of rotatable bonds is 38. The van der Waals surface area contributed by atoms with E-state index in [2.05, 4.69) is 48.8 Å². The number of hydrogen-bond acceptors (Lipinski definition) is 8. The molecule has 0 aliphatic rings. The van der Waals surface area contributed by atoms with Gasteiger partial charge in [0.2, 0.25) is 0 Å². The van der Waals surface area contributed by atoms with E-state index in [1.54, 1.807) is 36.5 Å². The summed E-state index contributed by atoms with van der Waals surface area (Å²) in [5.41, 5.74) is 0. The molecule has 0 heterocycles. The van der Waals surface area contributed by atoms with Crippen molar-refractivity contribution in [3.8, 4) is 0 Å². The summed E-state index contributed by atoms with van der Waals surface area (Å²) >= 11 is 0. The number of aliphatic hydroxyl groups excluding tert-OH is 2. The Kier molecular flexibility index (Phi) is 37.4. The Hall–Kier alpha value is -2.59. The third-order valence-corrected chi connectivity index (χ3v) is 9.37. The van der Waals surface area contributed by atoms with Gasteiger partial charge in [-0.3, -0.25) is 14.1 Å². The van der Waals surface area contributed by atoms with Crippen molar-refractivity contribution >= 4 is 19.8 Å². The molecule has 4 N–H and O–H groups in total. The van der Waals surface area contributed by atoms with E-state index in [-0.39, 0.29) is 12.8 Å². The van der Waals surface area contributed by atoms with Crippen LogP contribution in [0.1, 0.15) is 168 Å². The highest BCUT2D eigenvalue weighted by Gasteiger charge is 2.23. The fraction of sp³-hybridized carbons (Fsp3) is 0.689. The highest BCUT2D eigenvalue weighted by molar-refractivity contribution is 7.46. The summed E-state index contributed by atoms with van der Waals surface area (Å²) in [7, 11) is -4.82. The molecule has 0 aromatic heterocycles. The first kappa shape index (κ1) is 53.4. The van der Waals surface area contributed by atoms with Crippen molar-refractivity contribution in [2.24, 2.45) is 0 Å². The summed E-state index contributed by atoms with van der Waals surface area (Å²) in [5.74, 6) is -1.13. The first-order valence-corrected chi connectivity index (χ1v) is 23.0. The largest absolute Gasteiger partial charge is 0.469 e.